The van der Waals surface area contributed by atoms with Crippen LogP contribution in [0.3, 0.4) is 0 Å². The Kier molecular flexibility index (Phi) is 6.99. The molecule has 8 heteroatoms. The second-order valence-electron chi connectivity index (χ2n) is 5.84. The fourth-order valence-electron chi connectivity index (χ4n) is 2.56. The summed E-state index contributed by atoms with van der Waals surface area (Å²) < 4.78 is 1.71. The van der Waals surface area contributed by atoms with Crippen LogP contribution in [-0.4, -0.2) is 57.4 Å². The minimum atomic E-state index is 0.0225. The molecule has 0 aliphatic heterocycles. The Labute approximate surface area is 147 Å². The molecule has 7 nitrogen and oxygen atoms in total. The van der Waals surface area contributed by atoms with Gasteiger partial charge in [-0.15, -0.1) is 5.10 Å². The molecule has 0 fully saturated rings. The number of aromatic nitrogens is 4. The minimum absolute atomic E-state index is 0.0225. The van der Waals surface area contributed by atoms with Crippen molar-refractivity contribution in [3.8, 4) is 0 Å². The summed E-state index contributed by atoms with van der Waals surface area (Å²) in [5.74, 6) is 0.930. The maximum Gasteiger partial charge on any atom is 0.253 e. The van der Waals surface area contributed by atoms with E-state index in [1.807, 2.05) is 19.9 Å². The molecular formula is C16H27N6OS+. The van der Waals surface area contributed by atoms with Gasteiger partial charge in [-0.25, -0.2) is 9.50 Å². The lowest BCUT2D eigenvalue weighted by molar-refractivity contribution is -0.896. The molecule has 2 aromatic heterocycles. The maximum atomic E-state index is 11.9. The fraction of sp³-hybridized carbons (Fsp3) is 0.625. The normalized spacial score (nSPS) is 11.4. The summed E-state index contributed by atoms with van der Waals surface area (Å²) in [6.45, 7) is 12.4. The number of quaternary nitrogens is 1. The van der Waals surface area contributed by atoms with E-state index in [4.69, 9.17) is 0 Å². The van der Waals surface area contributed by atoms with Crippen LogP contribution in [-0.2, 0) is 4.79 Å². The molecule has 24 heavy (non-hydrogen) atoms. The molecule has 0 bridgehead atoms. The van der Waals surface area contributed by atoms with E-state index in [9.17, 15) is 4.79 Å². The standard InChI is InChI=1S/C16H26N6OS/c1-5-21(6-2)9-7-8-17-14(23)11-24-16-19-15-18-12(3)10-13(4)22(15)20-16/h10H,5-9,11H2,1-4H3,(H,17,23)/p+1. The van der Waals surface area contributed by atoms with Crippen molar-refractivity contribution in [1.29, 1.82) is 0 Å². The number of hydrogen-bond donors (Lipinski definition) is 2. The molecule has 2 rings (SSSR count). The van der Waals surface area contributed by atoms with Gasteiger partial charge in [0.2, 0.25) is 11.1 Å². The van der Waals surface area contributed by atoms with Crippen molar-refractivity contribution >= 4 is 23.4 Å². The number of fused-ring (bicyclic) bond motifs is 1. The van der Waals surface area contributed by atoms with E-state index < -0.39 is 0 Å². The molecule has 2 aromatic rings. The predicted molar refractivity (Wildman–Crippen MR) is 95.5 cm³/mol. The fourth-order valence-corrected chi connectivity index (χ4v) is 3.21. The van der Waals surface area contributed by atoms with Crippen molar-refractivity contribution in [2.45, 2.75) is 39.3 Å². The summed E-state index contributed by atoms with van der Waals surface area (Å²) in [5, 5.41) is 7.93. The molecule has 0 aliphatic rings. The van der Waals surface area contributed by atoms with E-state index in [0.29, 0.717) is 16.7 Å². The van der Waals surface area contributed by atoms with Crippen LogP contribution in [0.5, 0.6) is 0 Å². The van der Waals surface area contributed by atoms with E-state index in [0.717, 1.165) is 44.0 Å². The number of thioether (sulfide) groups is 1. The number of amides is 1. The van der Waals surface area contributed by atoms with Gasteiger partial charge in [-0.2, -0.15) is 4.98 Å². The molecule has 0 aromatic carbocycles. The zero-order chi connectivity index (χ0) is 17.5. The Bertz CT molecular complexity index is 683. The second kappa shape index (κ2) is 8.98. The number of nitrogens with one attached hydrogen (secondary N) is 2. The zero-order valence-corrected chi connectivity index (χ0v) is 15.7. The smallest absolute Gasteiger partial charge is 0.253 e. The summed E-state index contributed by atoms with van der Waals surface area (Å²) in [4.78, 5) is 22.2. The van der Waals surface area contributed by atoms with Gasteiger partial charge in [-0.3, -0.25) is 4.79 Å². The molecule has 0 spiro atoms. The Morgan fingerprint density at radius 3 is 2.75 bits per heavy atom. The highest BCUT2D eigenvalue weighted by atomic mass is 32.2. The third-order valence-electron chi connectivity index (χ3n) is 3.96. The lowest BCUT2D eigenvalue weighted by Gasteiger charge is -2.15. The lowest BCUT2D eigenvalue weighted by atomic mass is 10.3. The summed E-state index contributed by atoms with van der Waals surface area (Å²) in [5.41, 5.74) is 1.90. The highest BCUT2D eigenvalue weighted by Crippen LogP contribution is 2.14. The summed E-state index contributed by atoms with van der Waals surface area (Å²) in [7, 11) is 0. The Hall–Kier alpha value is -1.67. The molecule has 0 saturated heterocycles. The van der Waals surface area contributed by atoms with Crippen LogP contribution in [0.2, 0.25) is 0 Å². The summed E-state index contributed by atoms with van der Waals surface area (Å²) in [6.07, 6.45) is 1.00. The third-order valence-corrected chi connectivity index (χ3v) is 4.80. The maximum absolute atomic E-state index is 11.9. The van der Waals surface area contributed by atoms with Gasteiger partial charge in [-0.05, 0) is 33.8 Å². The first kappa shape index (κ1) is 18.7. The molecule has 0 unspecified atom stereocenters. The number of aryl methyl sites for hydroxylation is 2. The molecule has 2 heterocycles. The predicted octanol–water partition coefficient (Wildman–Crippen LogP) is 0.264. The van der Waals surface area contributed by atoms with Crippen LogP contribution in [0.4, 0.5) is 0 Å². The van der Waals surface area contributed by atoms with E-state index in [1.165, 1.54) is 11.8 Å². The van der Waals surface area contributed by atoms with Crippen molar-refractivity contribution in [1.82, 2.24) is 24.9 Å². The molecule has 1 amide bonds. The number of carbonyl (C=O) groups excluding carboxylic acids is 1. The molecule has 0 atom stereocenters. The number of rotatable bonds is 9. The first-order valence-corrected chi connectivity index (χ1v) is 9.46. The Balaban J connectivity index is 1.77. The van der Waals surface area contributed by atoms with Gasteiger partial charge >= 0.3 is 0 Å². The highest BCUT2D eigenvalue weighted by molar-refractivity contribution is 7.99. The Morgan fingerprint density at radius 2 is 2.04 bits per heavy atom. The van der Waals surface area contributed by atoms with Crippen LogP contribution < -0.4 is 10.2 Å². The monoisotopic (exact) mass is 351 g/mol. The van der Waals surface area contributed by atoms with E-state index in [2.05, 4.69) is 34.2 Å². The van der Waals surface area contributed by atoms with Gasteiger partial charge in [0.15, 0.2) is 0 Å². The van der Waals surface area contributed by atoms with Crippen molar-refractivity contribution in [3.05, 3.63) is 17.5 Å². The van der Waals surface area contributed by atoms with Crippen LogP contribution in [0.25, 0.3) is 5.78 Å². The summed E-state index contributed by atoms with van der Waals surface area (Å²) in [6, 6.07) is 1.96. The van der Waals surface area contributed by atoms with Gasteiger partial charge in [-0.1, -0.05) is 11.8 Å². The number of hydrogen-bond acceptors (Lipinski definition) is 5. The van der Waals surface area contributed by atoms with Crippen LogP contribution in [0, 0.1) is 13.8 Å². The van der Waals surface area contributed by atoms with Crippen LogP contribution in [0.1, 0.15) is 31.7 Å². The van der Waals surface area contributed by atoms with Crippen LogP contribution in [0.15, 0.2) is 11.2 Å². The molecule has 0 saturated carbocycles. The Morgan fingerprint density at radius 1 is 1.29 bits per heavy atom. The lowest BCUT2D eigenvalue weighted by Crippen LogP contribution is -3.11. The molecular weight excluding hydrogens is 324 g/mol. The van der Waals surface area contributed by atoms with Crippen LogP contribution >= 0.6 is 11.8 Å². The van der Waals surface area contributed by atoms with Crippen molar-refractivity contribution in [3.63, 3.8) is 0 Å². The molecule has 2 N–H and O–H groups in total. The summed E-state index contributed by atoms with van der Waals surface area (Å²) >= 11 is 1.34. The zero-order valence-electron chi connectivity index (χ0n) is 14.9. The minimum Gasteiger partial charge on any atom is -0.355 e. The van der Waals surface area contributed by atoms with Gasteiger partial charge in [0.05, 0.1) is 25.4 Å². The number of carbonyl (C=O) groups is 1. The van der Waals surface area contributed by atoms with Gasteiger partial charge in [0, 0.05) is 24.4 Å². The highest BCUT2D eigenvalue weighted by Gasteiger charge is 2.10. The van der Waals surface area contributed by atoms with E-state index in [1.54, 1.807) is 9.42 Å². The second-order valence-corrected chi connectivity index (χ2v) is 6.79. The average Bonchev–Trinajstić information content (AvgIpc) is 2.96. The van der Waals surface area contributed by atoms with Crippen molar-refractivity contribution in [2.75, 3.05) is 31.9 Å². The quantitative estimate of drug-likeness (QED) is 0.501. The van der Waals surface area contributed by atoms with Crippen molar-refractivity contribution < 1.29 is 9.69 Å². The van der Waals surface area contributed by atoms with E-state index in [-0.39, 0.29) is 5.91 Å². The average molecular weight is 352 g/mol. The molecule has 0 aliphatic carbocycles. The van der Waals surface area contributed by atoms with Gasteiger partial charge < -0.3 is 10.2 Å². The van der Waals surface area contributed by atoms with Crippen molar-refractivity contribution in [2.24, 2.45) is 0 Å². The molecule has 132 valence electrons. The van der Waals surface area contributed by atoms with Gasteiger partial charge in [0.1, 0.15) is 0 Å². The molecule has 0 radical (unpaired) electrons. The SMILES string of the molecule is CC[NH+](CC)CCCNC(=O)CSc1nc2nc(C)cc(C)n2n1. The first-order chi connectivity index (χ1) is 11.5. The first-order valence-electron chi connectivity index (χ1n) is 8.47. The third kappa shape index (κ3) is 5.17. The number of nitrogens with zero attached hydrogens (tertiary/aromatic N) is 4. The topological polar surface area (TPSA) is 76.6 Å². The largest absolute Gasteiger partial charge is 0.355 e. The van der Waals surface area contributed by atoms with Gasteiger partial charge in [0.25, 0.3) is 5.78 Å². The van der Waals surface area contributed by atoms with E-state index >= 15 is 0 Å².